The standard InChI is InChI=1S/C15H18Cl2F3N3OS/c1-7(2)12-6-14(24,15(18,19)20)23(22-12)13(25)21-11-5-9(16)8(3)4-10(11)17/h5,7-8,24H,4,6H2,1-3H3,(H,21,25). The van der Waals surface area contributed by atoms with E-state index in [0.717, 1.165) is 0 Å². The summed E-state index contributed by atoms with van der Waals surface area (Å²) < 4.78 is 40.3. The van der Waals surface area contributed by atoms with E-state index in [0.29, 0.717) is 27.2 Å². The normalized spacial score (nSPS) is 27.6. The highest BCUT2D eigenvalue weighted by molar-refractivity contribution is 7.80. The molecule has 0 radical (unpaired) electrons. The van der Waals surface area contributed by atoms with Gasteiger partial charge in [-0.05, 0) is 36.6 Å². The summed E-state index contributed by atoms with van der Waals surface area (Å²) >= 11 is 17.3. The van der Waals surface area contributed by atoms with E-state index < -0.39 is 23.4 Å². The zero-order chi connectivity index (χ0) is 19.2. The maximum Gasteiger partial charge on any atom is 0.438 e. The van der Waals surface area contributed by atoms with Crippen molar-refractivity contribution >= 4 is 46.2 Å². The van der Waals surface area contributed by atoms with Crippen LogP contribution in [0.3, 0.4) is 0 Å². The van der Waals surface area contributed by atoms with Crippen molar-refractivity contribution in [2.24, 2.45) is 16.9 Å². The molecular weight excluding hydrogens is 398 g/mol. The molecule has 2 rings (SSSR count). The van der Waals surface area contributed by atoms with Crippen molar-refractivity contribution in [1.29, 1.82) is 0 Å². The maximum atomic E-state index is 13.4. The van der Waals surface area contributed by atoms with Gasteiger partial charge in [0.1, 0.15) is 0 Å². The molecule has 2 N–H and O–H groups in total. The van der Waals surface area contributed by atoms with Crippen molar-refractivity contribution in [3.05, 3.63) is 21.8 Å². The minimum atomic E-state index is -4.94. The second-order valence-corrected chi connectivity index (χ2v) is 7.71. The first-order chi connectivity index (χ1) is 11.4. The van der Waals surface area contributed by atoms with Crippen LogP contribution < -0.4 is 5.32 Å². The van der Waals surface area contributed by atoms with Crippen LogP contribution in [-0.4, -0.2) is 32.8 Å². The first kappa shape index (κ1) is 20.5. The maximum absolute atomic E-state index is 13.4. The van der Waals surface area contributed by atoms with Crippen molar-refractivity contribution in [3.8, 4) is 0 Å². The first-order valence-electron chi connectivity index (χ1n) is 7.60. The summed E-state index contributed by atoms with van der Waals surface area (Å²) in [6, 6.07) is 0. The zero-order valence-electron chi connectivity index (χ0n) is 13.8. The monoisotopic (exact) mass is 415 g/mol. The van der Waals surface area contributed by atoms with Crippen LogP contribution in [-0.2, 0) is 0 Å². The molecule has 0 spiro atoms. The molecule has 2 atom stereocenters. The molecular formula is C15H18Cl2F3N3OS. The third kappa shape index (κ3) is 3.97. The van der Waals surface area contributed by atoms with Crippen LogP contribution in [0.5, 0.6) is 0 Å². The minimum Gasteiger partial charge on any atom is -0.362 e. The zero-order valence-corrected chi connectivity index (χ0v) is 16.1. The van der Waals surface area contributed by atoms with Crippen LogP contribution >= 0.6 is 35.4 Å². The molecule has 10 heteroatoms. The molecule has 1 aliphatic carbocycles. The van der Waals surface area contributed by atoms with Gasteiger partial charge < -0.3 is 10.4 Å². The summed E-state index contributed by atoms with van der Waals surface area (Å²) in [6.45, 7) is 5.26. The molecule has 0 aromatic heterocycles. The molecule has 4 nitrogen and oxygen atoms in total. The molecule has 1 heterocycles. The molecule has 140 valence electrons. The van der Waals surface area contributed by atoms with E-state index in [1.54, 1.807) is 13.8 Å². The van der Waals surface area contributed by atoms with E-state index in [9.17, 15) is 18.3 Å². The molecule has 0 amide bonds. The van der Waals surface area contributed by atoms with E-state index in [1.165, 1.54) is 6.08 Å². The van der Waals surface area contributed by atoms with Crippen LogP contribution in [0.4, 0.5) is 13.2 Å². The van der Waals surface area contributed by atoms with Gasteiger partial charge in [-0.3, -0.25) is 0 Å². The average Bonchev–Trinajstić information content (AvgIpc) is 2.84. The minimum absolute atomic E-state index is 0.0118. The molecule has 0 bridgehead atoms. The van der Waals surface area contributed by atoms with Gasteiger partial charge in [-0.1, -0.05) is 44.0 Å². The second kappa shape index (κ2) is 7.06. The Kier molecular flexibility index (Phi) is 5.78. The van der Waals surface area contributed by atoms with Crippen LogP contribution in [0.1, 0.15) is 33.6 Å². The smallest absolute Gasteiger partial charge is 0.362 e. The first-order valence-corrected chi connectivity index (χ1v) is 8.76. The van der Waals surface area contributed by atoms with Crippen molar-refractivity contribution < 1.29 is 18.3 Å². The lowest BCUT2D eigenvalue weighted by atomic mass is 9.99. The quantitative estimate of drug-likeness (QED) is 0.654. The summed E-state index contributed by atoms with van der Waals surface area (Å²) in [5.74, 6) is -0.257. The second-order valence-electron chi connectivity index (χ2n) is 6.43. The Morgan fingerprint density at radius 3 is 2.60 bits per heavy atom. The average molecular weight is 416 g/mol. The molecule has 0 aromatic rings. The Hall–Kier alpha value is -0.830. The molecule has 2 unspecified atom stereocenters. The number of hydrogen-bond donors (Lipinski definition) is 2. The highest BCUT2D eigenvalue weighted by Gasteiger charge is 2.62. The van der Waals surface area contributed by atoms with Gasteiger partial charge >= 0.3 is 6.18 Å². The van der Waals surface area contributed by atoms with E-state index in [1.807, 2.05) is 6.92 Å². The fourth-order valence-corrected chi connectivity index (χ4v) is 3.26. The SMILES string of the molecule is CC(C)C1=NN(C(=S)NC2=C(Cl)CC(C)C(Cl)=C2)C(O)(C(F)(F)F)C1. The van der Waals surface area contributed by atoms with Gasteiger partial charge in [-0.25, -0.2) is 0 Å². The Morgan fingerprint density at radius 2 is 2.08 bits per heavy atom. The number of nitrogens with zero attached hydrogens (tertiary/aromatic N) is 2. The van der Waals surface area contributed by atoms with Crippen LogP contribution in [0.2, 0.25) is 0 Å². The van der Waals surface area contributed by atoms with Gasteiger partial charge in [-0.2, -0.15) is 23.3 Å². The molecule has 0 saturated carbocycles. The highest BCUT2D eigenvalue weighted by atomic mass is 35.5. The summed E-state index contributed by atoms with van der Waals surface area (Å²) in [5.41, 5.74) is -2.69. The third-order valence-corrected chi connectivity index (χ3v) is 5.21. The summed E-state index contributed by atoms with van der Waals surface area (Å²) in [5, 5.41) is 17.6. The molecule has 0 aromatic carbocycles. The highest BCUT2D eigenvalue weighted by Crippen LogP contribution is 2.41. The predicted octanol–water partition coefficient (Wildman–Crippen LogP) is 4.44. The van der Waals surface area contributed by atoms with Crippen LogP contribution in [0.25, 0.3) is 0 Å². The van der Waals surface area contributed by atoms with E-state index in [2.05, 4.69) is 10.4 Å². The van der Waals surface area contributed by atoms with Crippen molar-refractivity contribution in [2.75, 3.05) is 0 Å². The number of alkyl halides is 3. The number of thiocarbonyl (C=S) groups is 1. The van der Waals surface area contributed by atoms with Crippen LogP contribution in [0.15, 0.2) is 26.9 Å². The van der Waals surface area contributed by atoms with Crippen molar-refractivity contribution in [2.45, 2.75) is 45.5 Å². The number of allylic oxidation sites excluding steroid dienone is 3. The Morgan fingerprint density at radius 1 is 1.48 bits per heavy atom. The number of hydrogen-bond acceptors (Lipinski definition) is 3. The lowest BCUT2D eigenvalue weighted by molar-refractivity contribution is -0.294. The fraction of sp³-hybridized carbons (Fsp3) is 0.600. The largest absolute Gasteiger partial charge is 0.438 e. The topological polar surface area (TPSA) is 47.9 Å². The third-order valence-electron chi connectivity index (χ3n) is 4.09. The molecule has 0 fully saturated rings. The van der Waals surface area contributed by atoms with Crippen molar-refractivity contribution in [3.63, 3.8) is 0 Å². The Balaban J connectivity index is 2.31. The summed E-state index contributed by atoms with van der Waals surface area (Å²) in [4.78, 5) is 0. The molecule has 1 aliphatic heterocycles. The number of aliphatic hydroxyl groups is 1. The summed E-state index contributed by atoms with van der Waals surface area (Å²) in [7, 11) is 0. The van der Waals surface area contributed by atoms with E-state index in [-0.39, 0.29) is 17.5 Å². The van der Waals surface area contributed by atoms with Gasteiger partial charge in [0.15, 0.2) is 5.11 Å². The van der Waals surface area contributed by atoms with Crippen LogP contribution in [0, 0.1) is 11.8 Å². The number of hydrazone groups is 1. The van der Waals surface area contributed by atoms with Gasteiger partial charge in [0.2, 0.25) is 0 Å². The van der Waals surface area contributed by atoms with Gasteiger partial charge in [0.05, 0.1) is 5.70 Å². The van der Waals surface area contributed by atoms with Gasteiger partial charge in [-0.15, -0.1) is 0 Å². The lowest BCUT2D eigenvalue weighted by Crippen LogP contribution is -2.58. The molecule has 0 saturated heterocycles. The van der Waals surface area contributed by atoms with Gasteiger partial charge in [0, 0.05) is 22.2 Å². The number of nitrogens with one attached hydrogen (secondary N) is 1. The predicted molar refractivity (Wildman–Crippen MR) is 96.1 cm³/mol. The number of rotatable bonds is 2. The van der Waals surface area contributed by atoms with Crippen molar-refractivity contribution in [1.82, 2.24) is 10.3 Å². The van der Waals surface area contributed by atoms with E-state index >= 15 is 0 Å². The number of halogens is 5. The van der Waals surface area contributed by atoms with E-state index in [4.69, 9.17) is 35.4 Å². The van der Waals surface area contributed by atoms with Gasteiger partial charge in [0.25, 0.3) is 5.72 Å². The lowest BCUT2D eigenvalue weighted by Gasteiger charge is -2.34. The molecule has 25 heavy (non-hydrogen) atoms. The fourth-order valence-electron chi connectivity index (χ4n) is 2.43. The summed E-state index contributed by atoms with van der Waals surface area (Å²) in [6.07, 6.45) is -3.66. The Labute approximate surface area is 159 Å². The Bertz CT molecular complexity index is 675. The molecule has 2 aliphatic rings.